The van der Waals surface area contributed by atoms with E-state index in [0.717, 1.165) is 0 Å². The minimum Gasteiger partial charge on any atom is -0.353 e. The molecule has 0 radical (unpaired) electrons. The molecule has 0 saturated heterocycles. The summed E-state index contributed by atoms with van der Waals surface area (Å²) >= 11 is 0. The molecule has 1 unspecified atom stereocenters. The third-order valence-electron chi connectivity index (χ3n) is 1.20. The highest BCUT2D eigenvalue weighted by Gasteiger charge is 2.25. The van der Waals surface area contributed by atoms with E-state index in [1.165, 1.54) is 0 Å². The van der Waals surface area contributed by atoms with Gasteiger partial charge in [-0.25, -0.2) is 0 Å². The van der Waals surface area contributed by atoms with Crippen LogP contribution in [0, 0.1) is 5.92 Å². The van der Waals surface area contributed by atoms with Gasteiger partial charge >= 0.3 is 0 Å². The summed E-state index contributed by atoms with van der Waals surface area (Å²) in [6, 6.07) is 0. The number of ether oxygens (including phenoxy) is 1. The van der Waals surface area contributed by atoms with Crippen molar-refractivity contribution in [3.05, 3.63) is 0 Å². The molecule has 0 aromatic carbocycles. The summed E-state index contributed by atoms with van der Waals surface area (Å²) in [6.45, 7) is 5.83. The molecule has 3 nitrogen and oxygen atoms in total. The molecule has 3 N–H and O–H groups in total. The molecule has 0 saturated carbocycles. The lowest BCUT2D eigenvalue weighted by Gasteiger charge is -2.26. The Kier molecular flexibility index (Phi) is 3.11. The topological polar surface area (TPSA) is 55.5 Å². The van der Waals surface area contributed by atoms with E-state index in [-0.39, 0.29) is 5.92 Å². The highest BCUT2D eigenvalue weighted by Crippen LogP contribution is 2.10. The minimum atomic E-state index is -1.45. The zero-order chi connectivity index (χ0) is 7.49. The lowest BCUT2D eigenvalue weighted by Crippen LogP contribution is -2.47. The predicted molar refractivity (Wildman–Crippen MR) is 35.6 cm³/mol. The van der Waals surface area contributed by atoms with Crippen LogP contribution in [0.5, 0.6) is 0 Å². The molecule has 0 rings (SSSR count). The Hall–Kier alpha value is -0.120. The zero-order valence-electron chi connectivity index (χ0n) is 6.22. The normalized spacial score (nSPS) is 18.0. The number of nitrogens with two attached hydrogens (primary N) is 1. The van der Waals surface area contributed by atoms with Gasteiger partial charge in [0.25, 0.3) is 0 Å². The van der Waals surface area contributed by atoms with Crippen LogP contribution in [0.15, 0.2) is 0 Å². The second kappa shape index (κ2) is 3.15. The van der Waals surface area contributed by atoms with Crippen LogP contribution in [0.3, 0.4) is 0 Å². The Morgan fingerprint density at radius 3 is 2.22 bits per heavy atom. The lowest BCUT2D eigenvalue weighted by molar-refractivity contribution is -0.223. The second-order valence-electron chi connectivity index (χ2n) is 2.34. The van der Waals surface area contributed by atoms with Gasteiger partial charge in [0.1, 0.15) is 0 Å². The molecule has 0 aliphatic carbocycles. The maximum atomic E-state index is 9.15. The molecule has 3 heteroatoms. The van der Waals surface area contributed by atoms with E-state index in [2.05, 4.69) is 0 Å². The average Bonchev–Trinajstić information content (AvgIpc) is 1.65. The van der Waals surface area contributed by atoms with Gasteiger partial charge in [-0.3, -0.25) is 5.73 Å². The van der Waals surface area contributed by atoms with Crippen LogP contribution < -0.4 is 5.73 Å². The first-order valence-corrected chi connectivity index (χ1v) is 3.16. The summed E-state index contributed by atoms with van der Waals surface area (Å²) in [5.41, 5.74) is 5.30. The van der Waals surface area contributed by atoms with Crippen LogP contribution in [0.2, 0.25) is 0 Å². The molecule has 0 fully saturated rings. The van der Waals surface area contributed by atoms with E-state index in [9.17, 15) is 0 Å². The van der Waals surface area contributed by atoms with Gasteiger partial charge in [-0.05, 0) is 6.92 Å². The zero-order valence-corrected chi connectivity index (χ0v) is 6.22. The van der Waals surface area contributed by atoms with E-state index in [1.807, 2.05) is 0 Å². The smallest absolute Gasteiger partial charge is 0.224 e. The van der Waals surface area contributed by atoms with Crippen molar-refractivity contribution in [2.75, 3.05) is 6.61 Å². The summed E-state index contributed by atoms with van der Waals surface area (Å²) < 4.78 is 4.82. The van der Waals surface area contributed by atoms with Gasteiger partial charge in [0.2, 0.25) is 5.91 Å². The van der Waals surface area contributed by atoms with Crippen molar-refractivity contribution in [3.8, 4) is 0 Å². The first-order valence-electron chi connectivity index (χ1n) is 3.16. The van der Waals surface area contributed by atoms with Crippen molar-refractivity contribution in [1.29, 1.82) is 0 Å². The molecule has 1 atom stereocenters. The molecule has 0 heterocycles. The fraction of sp³-hybridized carbons (Fsp3) is 1.00. The minimum absolute atomic E-state index is 0.0718. The van der Waals surface area contributed by atoms with E-state index in [0.29, 0.717) is 6.61 Å². The molecular formula is C6H15NO2. The molecule has 0 aliphatic rings. The van der Waals surface area contributed by atoms with Crippen molar-refractivity contribution >= 4 is 0 Å². The summed E-state index contributed by atoms with van der Waals surface area (Å²) in [5, 5.41) is 9.15. The van der Waals surface area contributed by atoms with Crippen LogP contribution in [0.25, 0.3) is 0 Å². The maximum absolute atomic E-state index is 9.15. The number of hydrogen-bond acceptors (Lipinski definition) is 3. The SMILES string of the molecule is CCOC(N)(O)C(C)C. The van der Waals surface area contributed by atoms with Crippen molar-refractivity contribution < 1.29 is 9.84 Å². The molecule has 0 aliphatic heterocycles. The molecule has 0 aromatic rings. The van der Waals surface area contributed by atoms with Crippen LogP contribution in [0.4, 0.5) is 0 Å². The van der Waals surface area contributed by atoms with Crippen molar-refractivity contribution in [2.45, 2.75) is 26.7 Å². The molecule has 9 heavy (non-hydrogen) atoms. The predicted octanol–water partition coefficient (Wildman–Crippen LogP) is 0.284. The average molecular weight is 133 g/mol. The molecule has 0 aromatic heterocycles. The van der Waals surface area contributed by atoms with Gasteiger partial charge in [0, 0.05) is 12.5 Å². The summed E-state index contributed by atoms with van der Waals surface area (Å²) in [7, 11) is 0. The summed E-state index contributed by atoms with van der Waals surface area (Å²) in [4.78, 5) is 0. The summed E-state index contributed by atoms with van der Waals surface area (Å²) in [6.07, 6.45) is 0. The monoisotopic (exact) mass is 133 g/mol. The number of aliphatic hydroxyl groups is 1. The lowest BCUT2D eigenvalue weighted by atomic mass is 10.1. The molecule has 56 valence electrons. The number of hydrogen-bond donors (Lipinski definition) is 2. The van der Waals surface area contributed by atoms with Gasteiger partial charge in [-0.2, -0.15) is 0 Å². The largest absolute Gasteiger partial charge is 0.353 e. The van der Waals surface area contributed by atoms with Gasteiger partial charge in [0.15, 0.2) is 0 Å². The third kappa shape index (κ3) is 2.79. The van der Waals surface area contributed by atoms with Crippen molar-refractivity contribution in [2.24, 2.45) is 11.7 Å². The van der Waals surface area contributed by atoms with Crippen LogP contribution in [-0.4, -0.2) is 17.6 Å². The van der Waals surface area contributed by atoms with Crippen LogP contribution in [0.1, 0.15) is 20.8 Å². The van der Waals surface area contributed by atoms with Gasteiger partial charge < -0.3 is 9.84 Å². The fourth-order valence-electron chi connectivity index (χ4n) is 0.398. The molecule has 0 amide bonds. The first kappa shape index (κ1) is 8.88. The van der Waals surface area contributed by atoms with E-state index >= 15 is 0 Å². The Bertz CT molecular complexity index is 81.1. The van der Waals surface area contributed by atoms with Gasteiger partial charge in [-0.15, -0.1) is 0 Å². The number of rotatable bonds is 3. The van der Waals surface area contributed by atoms with Gasteiger partial charge in [0.05, 0.1) is 0 Å². The Morgan fingerprint density at radius 1 is 1.67 bits per heavy atom. The standard InChI is InChI=1S/C6H15NO2/c1-4-9-6(7,8)5(2)3/h5,8H,4,7H2,1-3H3. The van der Waals surface area contributed by atoms with E-state index in [4.69, 9.17) is 15.6 Å². The van der Waals surface area contributed by atoms with Crippen molar-refractivity contribution in [3.63, 3.8) is 0 Å². The van der Waals surface area contributed by atoms with E-state index in [1.54, 1.807) is 20.8 Å². The van der Waals surface area contributed by atoms with Crippen molar-refractivity contribution in [1.82, 2.24) is 0 Å². The Balaban J connectivity index is 3.70. The fourth-order valence-corrected chi connectivity index (χ4v) is 0.398. The Labute approximate surface area is 55.8 Å². The summed E-state index contributed by atoms with van der Waals surface area (Å²) in [5.74, 6) is -1.52. The van der Waals surface area contributed by atoms with Crippen LogP contribution in [-0.2, 0) is 4.74 Å². The first-order chi connectivity index (χ1) is 4.00. The second-order valence-corrected chi connectivity index (χ2v) is 2.34. The van der Waals surface area contributed by atoms with E-state index < -0.39 is 5.91 Å². The molecule has 0 bridgehead atoms. The quantitative estimate of drug-likeness (QED) is 0.544. The molecular weight excluding hydrogens is 118 g/mol. The van der Waals surface area contributed by atoms with Gasteiger partial charge in [-0.1, -0.05) is 13.8 Å². The van der Waals surface area contributed by atoms with Crippen LogP contribution >= 0.6 is 0 Å². The Morgan fingerprint density at radius 2 is 2.11 bits per heavy atom. The third-order valence-corrected chi connectivity index (χ3v) is 1.20. The highest BCUT2D eigenvalue weighted by atomic mass is 16.6. The highest BCUT2D eigenvalue weighted by molar-refractivity contribution is 4.61. The maximum Gasteiger partial charge on any atom is 0.224 e. The molecule has 0 spiro atoms.